The number of carbonyl (C=O) groups excluding carboxylic acids is 1. The first-order valence-corrected chi connectivity index (χ1v) is 4.57. The maximum absolute atomic E-state index is 11.5. The summed E-state index contributed by atoms with van der Waals surface area (Å²) in [6.45, 7) is 8.19. The monoisotopic (exact) mass is 195 g/mol. The van der Waals surface area contributed by atoms with E-state index in [4.69, 9.17) is 5.26 Å². The Hall–Kier alpha value is -1.50. The van der Waals surface area contributed by atoms with Gasteiger partial charge in [0.1, 0.15) is 11.6 Å². The highest BCUT2D eigenvalue weighted by atomic mass is 16.1. The number of nitrogens with one attached hydrogen (secondary N) is 2. The molecule has 0 aromatic heterocycles. The molecule has 1 amide bonds. The van der Waals surface area contributed by atoms with E-state index < -0.39 is 0 Å². The Morgan fingerprint density at radius 1 is 1.50 bits per heavy atom. The van der Waals surface area contributed by atoms with Crippen molar-refractivity contribution in [1.82, 2.24) is 10.6 Å². The second kappa shape index (κ2) is 5.28. The van der Waals surface area contributed by atoms with Crippen LogP contribution in [0.15, 0.2) is 11.8 Å². The van der Waals surface area contributed by atoms with Crippen LogP contribution >= 0.6 is 0 Å². The Balaban J connectivity index is 4.43. The predicted octanol–water partition coefficient (Wildman–Crippen LogP) is 0.918. The SMILES string of the molecule is CCN/C=C(/C#N)C(=O)NC(C)(C)C. The Morgan fingerprint density at radius 2 is 2.07 bits per heavy atom. The summed E-state index contributed by atoms with van der Waals surface area (Å²) in [4.78, 5) is 11.5. The third-order valence-corrected chi connectivity index (χ3v) is 1.30. The van der Waals surface area contributed by atoms with E-state index in [1.54, 1.807) is 0 Å². The first-order chi connectivity index (χ1) is 6.40. The molecule has 0 atom stereocenters. The standard InChI is InChI=1S/C10H17N3O/c1-5-12-7-8(6-11)9(14)13-10(2,3)4/h7,12H,5H2,1-4H3,(H,13,14)/b8-7-. The first kappa shape index (κ1) is 12.5. The van der Waals surface area contributed by atoms with Gasteiger partial charge in [-0.05, 0) is 27.7 Å². The summed E-state index contributed by atoms with van der Waals surface area (Å²) >= 11 is 0. The Bertz CT molecular complexity index is 268. The third-order valence-electron chi connectivity index (χ3n) is 1.30. The summed E-state index contributed by atoms with van der Waals surface area (Å²) in [5.41, 5.74) is -0.221. The van der Waals surface area contributed by atoms with Gasteiger partial charge >= 0.3 is 0 Å². The van der Waals surface area contributed by atoms with Crippen LogP contribution < -0.4 is 10.6 Å². The van der Waals surface area contributed by atoms with Crippen LogP contribution in [0.4, 0.5) is 0 Å². The van der Waals surface area contributed by atoms with E-state index in [2.05, 4.69) is 10.6 Å². The molecule has 0 spiro atoms. The molecule has 4 heteroatoms. The quantitative estimate of drug-likeness (QED) is 0.520. The predicted molar refractivity (Wildman–Crippen MR) is 55.3 cm³/mol. The molecular weight excluding hydrogens is 178 g/mol. The molecule has 0 aromatic rings. The first-order valence-electron chi connectivity index (χ1n) is 4.57. The van der Waals surface area contributed by atoms with Gasteiger partial charge in [0.2, 0.25) is 0 Å². The fourth-order valence-electron chi connectivity index (χ4n) is 0.761. The fraction of sp³-hybridized carbons (Fsp3) is 0.600. The molecular formula is C10H17N3O. The Labute approximate surface area is 85.0 Å². The lowest BCUT2D eigenvalue weighted by atomic mass is 10.1. The zero-order valence-electron chi connectivity index (χ0n) is 9.14. The van der Waals surface area contributed by atoms with Crippen molar-refractivity contribution in [3.8, 4) is 6.07 Å². The van der Waals surface area contributed by atoms with Crippen molar-refractivity contribution in [1.29, 1.82) is 5.26 Å². The van der Waals surface area contributed by atoms with Crippen LogP contribution in [0.25, 0.3) is 0 Å². The van der Waals surface area contributed by atoms with Crippen molar-refractivity contribution >= 4 is 5.91 Å². The Kier molecular flexibility index (Phi) is 4.71. The van der Waals surface area contributed by atoms with Crippen molar-refractivity contribution in [3.63, 3.8) is 0 Å². The number of nitrogens with zero attached hydrogens (tertiary/aromatic N) is 1. The molecule has 2 N–H and O–H groups in total. The topological polar surface area (TPSA) is 64.9 Å². The van der Waals surface area contributed by atoms with Gasteiger partial charge in [-0.1, -0.05) is 0 Å². The average molecular weight is 195 g/mol. The van der Waals surface area contributed by atoms with Crippen molar-refractivity contribution < 1.29 is 4.79 Å². The number of nitriles is 1. The molecule has 0 bridgehead atoms. The number of rotatable bonds is 3. The van der Waals surface area contributed by atoms with E-state index in [1.807, 2.05) is 33.8 Å². The largest absolute Gasteiger partial charge is 0.390 e. The molecule has 0 unspecified atom stereocenters. The number of hydrogen-bond acceptors (Lipinski definition) is 3. The lowest BCUT2D eigenvalue weighted by Crippen LogP contribution is -2.41. The van der Waals surface area contributed by atoms with Crippen molar-refractivity contribution in [2.45, 2.75) is 33.2 Å². The summed E-state index contributed by atoms with van der Waals surface area (Å²) in [7, 11) is 0. The minimum Gasteiger partial charge on any atom is -0.390 e. The maximum Gasteiger partial charge on any atom is 0.263 e. The highest BCUT2D eigenvalue weighted by molar-refractivity contribution is 5.97. The van der Waals surface area contributed by atoms with E-state index in [-0.39, 0.29) is 17.0 Å². The summed E-state index contributed by atoms with van der Waals surface area (Å²) in [5, 5.41) is 14.2. The van der Waals surface area contributed by atoms with Crippen LogP contribution in [0.2, 0.25) is 0 Å². The van der Waals surface area contributed by atoms with Crippen LogP contribution in [0.3, 0.4) is 0 Å². The highest BCUT2D eigenvalue weighted by Gasteiger charge is 2.16. The van der Waals surface area contributed by atoms with Crippen molar-refractivity contribution in [2.24, 2.45) is 0 Å². The molecule has 0 aliphatic carbocycles. The summed E-state index contributed by atoms with van der Waals surface area (Å²) in [5.74, 6) is -0.346. The van der Waals surface area contributed by atoms with E-state index in [9.17, 15) is 4.79 Å². The molecule has 0 aliphatic rings. The normalized spacial score (nSPS) is 11.8. The van der Waals surface area contributed by atoms with Crippen LogP contribution in [0, 0.1) is 11.3 Å². The van der Waals surface area contributed by atoms with E-state index in [0.29, 0.717) is 6.54 Å². The van der Waals surface area contributed by atoms with Crippen LogP contribution in [0.5, 0.6) is 0 Å². The number of carbonyl (C=O) groups is 1. The van der Waals surface area contributed by atoms with Crippen molar-refractivity contribution in [2.75, 3.05) is 6.54 Å². The molecule has 14 heavy (non-hydrogen) atoms. The summed E-state index contributed by atoms with van der Waals surface area (Å²) in [6, 6.07) is 1.85. The third kappa shape index (κ3) is 5.20. The molecule has 0 rings (SSSR count). The van der Waals surface area contributed by atoms with Gasteiger partial charge in [-0.15, -0.1) is 0 Å². The van der Waals surface area contributed by atoms with Gasteiger partial charge in [-0.25, -0.2) is 0 Å². The zero-order chi connectivity index (χ0) is 11.2. The fourth-order valence-corrected chi connectivity index (χ4v) is 0.761. The van der Waals surface area contributed by atoms with Crippen LogP contribution in [-0.4, -0.2) is 18.0 Å². The van der Waals surface area contributed by atoms with Crippen molar-refractivity contribution in [3.05, 3.63) is 11.8 Å². The molecule has 78 valence electrons. The van der Waals surface area contributed by atoms with Gasteiger partial charge in [0, 0.05) is 18.3 Å². The lowest BCUT2D eigenvalue weighted by Gasteiger charge is -2.19. The summed E-state index contributed by atoms with van der Waals surface area (Å²) < 4.78 is 0. The molecule has 0 radical (unpaired) electrons. The second-order valence-corrected chi connectivity index (χ2v) is 3.93. The van der Waals surface area contributed by atoms with E-state index >= 15 is 0 Å². The van der Waals surface area contributed by atoms with Gasteiger partial charge in [-0.3, -0.25) is 4.79 Å². The van der Waals surface area contributed by atoms with E-state index in [0.717, 1.165) is 0 Å². The lowest BCUT2D eigenvalue weighted by molar-refractivity contribution is -0.118. The van der Waals surface area contributed by atoms with Crippen LogP contribution in [-0.2, 0) is 4.79 Å². The molecule has 0 aliphatic heterocycles. The van der Waals surface area contributed by atoms with Gasteiger partial charge in [0.25, 0.3) is 5.91 Å². The zero-order valence-corrected chi connectivity index (χ0v) is 9.14. The smallest absolute Gasteiger partial charge is 0.263 e. The number of amides is 1. The van der Waals surface area contributed by atoms with Gasteiger partial charge in [0.15, 0.2) is 0 Å². The van der Waals surface area contributed by atoms with E-state index in [1.165, 1.54) is 6.20 Å². The molecule has 0 saturated carbocycles. The summed E-state index contributed by atoms with van der Waals surface area (Å²) in [6.07, 6.45) is 1.43. The number of hydrogen-bond donors (Lipinski definition) is 2. The molecule has 0 heterocycles. The second-order valence-electron chi connectivity index (χ2n) is 3.93. The minimum atomic E-state index is -0.346. The average Bonchev–Trinajstić information content (AvgIpc) is 2.02. The molecule has 0 fully saturated rings. The van der Waals surface area contributed by atoms with Gasteiger partial charge in [0.05, 0.1) is 0 Å². The molecule has 4 nitrogen and oxygen atoms in total. The van der Waals surface area contributed by atoms with Crippen LogP contribution in [0.1, 0.15) is 27.7 Å². The van der Waals surface area contributed by atoms with Gasteiger partial charge < -0.3 is 10.6 Å². The Morgan fingerprint density at radius 3 is 2.43 bits per heavy atom. The molecule has 0 aromatic carbocycles. The van der Waals surface area contributed by atoms with Gasteiger partial charge in [-0.2, -0.15) is 5.26 Å². The highest BCUT2D eigenvalue weighted by Crippen LogP contribution is 2.01. The maximum atomic E-state index is 11.5. The minimum absolute atomic E-state index is 0.0989. The molecule has 0 saturated heterocycles.